The number of rotatable bonds is 3. The van der Waals surface area contributed by atoms with E-state index >= 15 is 0 Å². The first-order valence-electron chi connectivity index (χ1n) is 3.80. The van der Waals surface area contributed by atoms with Gasteiger partial charge >= 0.3 is 0 Å². The van der Waals surface area contributed by atoms with Crippen LogP contribution in [0.2, 0.25) is 5.02 Å². The van der Waals surface area contributed by atoms with E-state index in [-0.39, 0.29) is 5.88 Å². The van der Waals surface area contributed by atoms with Crippen LogP contribution in [0.4, 0.5) is 0 Å². The molecule has 0 saturated carbocycles. The smallest absolute Gasteiger partial charge is 0.211 e. The van der Waals surface area contributed by atoms with Crippen LogP contribution in [0.3, 0.4) is 0 Å². The zero-order valence-electron chi connectivity index (χ0n) is 7.13. The lowest BCUT2D eigenvalue weighted by Crippen LogP contribution is -2.17. The number of hydrogen-bond donors (Lipinski definition) is 1. The van der Waals surface area contributed by atoms with Crippen LogP contribution in [0.25, 0.3) is 0 Å². The van der Waals surface area contributed by atoms with Gasteiger partial charge in [-0.3, -0.25) is 0 Å². The van der Waals surface area contributed by atoms with E-state index in [4.69, 9.17) is 33.0 Å². The van der Waals surface area contributed by atoms with Gasteiger partial charge in [-0.05, 0) is 24.6 Å². The molecule has 13 heavy (non-hydrogen) atoms. The number of alkyl halides is 1. The Hall–Kier alpha value is -0.440. The quantitative estimate of drug-likeness (QED) is 0.627. The van der Waals surface area contributed by atoms with E-state index in [1.165, 1.54) is 0 Å². The second-order valence-corrected chi connectivity index (χ2v) is 3.38. The largest absolute Gasteiger partial charge is 0.462 e. The van der Waals surface area contributed by atoms with Gasteiger partial charge in [0, 0.05) is 0 Å². The first-order valence-corrected chi connectivity index (χ1v) is 4.71. The van der Waals surface area contributed by atoms with Crippen LogP contribution in [-0.2, 0) is 0 Å². The average Bonchev–Trinajstić information content (AvgIpc) is 2.11. The molecule has 1 aromatic carbocycles. The van der Waals surface area contributed by atoms with Crippen LogP contribution >= 0.6 is 23.2 Å². The summed E-state index contributed by atoms with van der Waals surface area (Å²) in [5, 5.41) is 9.58. The number of benzene rings is 1. The van der Waals surface area contributed by atoms with Crippen molar-refractivity contribution in [2.75, 3.05) is 5.88 Å². The lowest BCUT2D eigenvalue weighted by Gasteiger charge is -2.12. The van der Waals surface area contributed by atoms with Gasteiger partial charge in [0.25, 0.3) is 0 Å². The third kappa shape index (κ3) is 3.07. The molecular weight excluding hydrogens is 211 g/mol. The van der Waals surface area contributed by atoms with Crippen molar-refractivity contribution in [1.82, 2.24) is 0 Å². The van der Waals surface area contributed by atoms with E-state index in [9.17, 15) is 0 Å². The van der Waals surface area contributed by atoms with Gasteiger partial charge in [0.2, 0.25) is 6.29 Å². The maximum absolute atomic E-state index is 9.11. The van der Waals surface area contributed by atoms with E-state index in [1.807, 2.05) is 13.0 Å². The molecule has 0 bridgehead atoms. The minimum atomic E-state index is -1.01. The maximum atomic E-state index is 9.11. The van der Waals surface area contributed by atoms with E-state index in [0.29, 0.717) is 10.8 Å². The highest BCUT2D eigenvalue weighted by Crippen LogP contribution is 2.25. The molecule has 1 N–H and O–H groups in total. The summed E-state index contributed by atoms with van der Waals surface area (Å²) in [5.41, 5.74) is 1.01. The molecular formula is C9H10Cl2O2. The zero-order valence-corrected chi connectivity index (χ0v) is 8.64. The van der Waals surface area contributed by atoms with E-state index in [1.54, 1.807) is 12.1 Å². The molecule has 0 amide bonds. The van der Waals surface area contributed by atoms with Crippen LogP contribution in [0.15, 0.2) is 18.2 Å². The van der Waals surface area contributed by atoms with Crippen LogP contribution < -0.4 is 4.74 Å². The number of halogens is 2. The lowest BCUT2D eigenvalue weighted by atomic mass is 10.2. The van der Waals surface area contributed by atoms with Gasteiger partial charge in [-0.15, -0.1) is 11.6 Å². The molecule has 0 saturated heterocycles. The number of aliphatic hydroxyl groups excluding tert-OH is 1. The van der Waals surface area contributed by atoms with Crippen molar-refractivity contribution < 1.29 is 9.84 Å². The summed E-state index contributed by atoms with van der Waals surface area (Å²) < 4.78 is 5.07. The van der Waals surface area contributed by atoms with Crippen LogP contribution in [-0.4, -0.2) is 17.3 Å². The molecule has 1 unspecified atom stereocenters. The Morgan fingerprint density at radius 1 is 1.54 bits per heavy atom. The molecule has 0 fully saturated rings. The molecule has 0 aliphatic carbocycles. The van der Waals surface area contributed by atoms with Gasteiger partial charge in [-0.25, -0.2) is 0 Å². The number of hydrogen-bond acceptors (Lipinski definition) is 2. The highest BCUT2D eigenvalue weighted by molar-refractivity contribution is 6.32. The van der Waals surface area contributed by atoms with Crippen molar-refractivity contribution in [3.63, 3.8) is 0 Å². The summed E-state index contributed by atoms with van der Waals surface area (Å²) in [6.45, 7) is 1.91. The van der Waals surface area contributed by atoms with E-state index in [0.717, 1.165) is 5.56 Å². The predicted molar refractivity (Wildman–Crippen MR) is 53.5 cm³/mol. The molecule has 1 aromatic rings. The number of aliphatic hydroxyl groups is 1. The highest BCUT2D eigenvalue weighted by atomic mass is 35.5. The molecule has 0 radical (unpaired) electrons. The Morgan fingerprint density at radius 3 is 2.85 bits per heavy atom. The van der Waals surface area contributed by atoms with Crippen LogP contribution in [0.5, 0.6) is 5.75 Å². The van der Waals surface area contributed by atoms with Gasteiger partial charge in [-0.1, -0.05) is 17.7 Å². The summed E-state index contributed by atoms with van der Waals surface area (Å²) in [6.07, 6.45) is -1.01. The lowest BCUT2D eigenvalue weighted by molar-refractivity contribution is 0.00275. The van der Waals surface area contributed by atoms with Gasteiger partial charge < -0.3 is 9.84 Å². The Labute approximate surface area is 87.0 Å². The van der Waals surface area contributed by atoms with Crippen molar-refractivity contribution in [3.05, 3.63) is 28.8 Å². The van der Waals surface area contributed by atoms with Crippen LogP contribution in [0.1, 0.15) is 5.56 Å². The molecule has 0 heterocycles. The fourth-order valence-corrected chi connectivity index (χ4v) is 1.10. The fraction of sp³-hybridized carbons (Fsp3) is 0.333. The van der Waals surface area contributed by atoms with Gasteiger partial charge in [0.1, 0.15) is 5.75 Å². The van der Waals surface area contributed by atoms with Crippen molar-refractivity contribution in [1.29, 1.82) is 0 Å². The SMILES string of the molecule is Cc1ccc(Cl)c(OC(O)CCl)c1. The molecule has 72 valence electrons. The number of ether oxygens (including phenoxy) is 1. The normalized spacial score (nSPS) is 12.6. The third-order valence-electron chi connectivity index (χ3n) is 1.48. The van der Waals surface area contributed by atoms with Gasteiger partial charge in [0.15, 0.2) is 0 Å². The summed E-state index contributed by atoms with van der Waals surface area (Å²) in [5.74, 6) is 0.472. The van der Waals surface area contributed by atoms with E-state index < -0.39 is 6.29 Å². The van der Waals surface area contributed by atoms with E-state index in [2.05, 4.69) is 0 Å². The Kier molecular flexibility index (Phi) is 3.85. The first-order chi connectivity index (χ1) is 6.13. The molecule has 1 rings (SSSR count). The van der Waals surface area contributed by atoms with Crippen molar-refractivity contribution in [2.24, 2.45) is 0 Å². The summed E-state index contributed by atoms with van der Waals surface area (Å²) >= 11 is 11.2. The minimum Gasteiger partial charge on any atom is -0.462 e. The molecule has 4 heteroatoms. The summed E-state index contributed by atoms with van der Waals surface area (Å²) in [7, 11) is 0. The second kappa shape index (κ2) is 4.70. The Morgan fingerprint density at radius 2 is 2.23 bits per heavy atom. The topological polar surface area (TPSA) is 29.5 Å². The monoisotopic (exact) mass is 220 g/mol. The second-order valence-electron chi connectivity index (χ2n) is 2.66. The zero-order chi connectivity index (χ0) is 9.84. The highest BCUT2D eigenvalue weighted by Gasteiger charge is 2.07. The minimum absolute atomic E-state index is 0.0181. The Balaban J connectivity index is 2.81. The molecule has 0 aliphatic rings. The summed E-state index contributed by atoms with van der Waals surface area (Å²) in [6, 6.07) is 5.33. The standard InChI is InChI=1S/C9H10Cl2O2/c1-6-2-3-7(11)8(4-6)13-9(12)5-10/h2-4,9,12H,5H2,1H3. The third-order valence-corrected chi connectivity index (χ3v) is 2.06. The first kappa shape index (κ1) is 10.6. The van der Waals surface area contributed by atoms with Gasteiger partial charge in [0.05, 0.1) is 10.9 Å². The Bertz CT molecular complexity index is 289. The molecule has 0 aliphatic heterocycles. The molecule has 0 aromatic heterocycles. The average molecular weight is 221 g/mol. The molecule has 1 atom stereocenters. The van der Waals surface area contributed by atoms with Crippen molar-refractivity contribution in [2.45, 2.75) is 13.2 Å². The molecule has 2 nitrogen and oxygen atoms in total. The molecule has 0 spiro atoms. The predicted octanol–water partition coefficient (Wildman–Crippen LogP) is 2.58. The fourth-order valence-electron chi connectivity index (χ4n) is 0.879. The summed E-state index contributed by atoms with van der Waals surface area (Å²) in [4.78, 5) is 0. The van der Waals surface area contributed by atoms with Crippen LogP contribution in [0, 0.1) is 6.92 Å². The van der Waals surface area contributed by atoms with Crippen molar-refractivity contribution >= 4 is 23.2 Å². The maximum Gasteiger partial charge on any atom is 0.211 e. The van der Waals surface area contributed by atoms with Gasteiger partial charge in [-0.2, -0.15) is 0 Å². The number of aryl methyl sites for hydroxylation is 1. The van der Waals surface area contributed by atoms with Crippen molar-refractivity contribution in [3.8, 4) is 5.75 Å².